The van der Waals surface area contributed by atoms with Crippen molar-refractivity contribution in [2.75, 3.05) is 12.8 Å². The Morgan fingerprint density at radius 1 is 0.762 bits per heavy atom. The van der Waals surface area contributed by atoms with Gasteiger partial charge in [0.25, 0.3) is 0 Å². The van der Waals surface area contributed by atoms with Gasteiger partial charge in [-0.15, -0.1) is 0 Å². The molecule has 0 aliphatic rings. The molecule has 6 heteroatoms. The van der Waals surface area contributed by atoms with Crippen molar-refractivity contribution >= 4 is 37.5 Å². The summed E-state index contributed by atoms with van der Waals surface area (Å²) in [6, 6.07) is 35.5. The maximum Gasteiger partial charge on any atom is 0.334 e. The predicted octanol–water partition coefficient (Wildman–Crippen LogP) is 5.30. The molecule has 0 bridgehead atoms. The van der Waals surface area contributed by atoms with E-state index in [1.54, 1.807) is 0 Å². The highest BCUT2D eigenvalue weighted by molar-refractivity contribution is 7.95. The molecule has 0 spiro atoms. The van der Waals surface area contributed by atoms with Gasteiger partial charge in [-0.05, 0) is 78.9 Å². The summed E-state index contributed by atoms with van der Waals surface area (Å²) in [4.78, 5) is 13.8. The molecule has 0 aliphatic heterocycles. The summed E-state index contributed by atoms with van der Waals surface area (Å²) in [7, 11) is -4.16. The Morgan fingerprint density at radius 3 is 1.57 bits per heavy atom. The molecule has 0 aromatic heterocycles. The van der Waals surface area contributed by atoms with Crippen LogP contribution in [0.2, 0.25) is 18.1 Å². The maximum absolute atomic E-state index is 13.8. The highest BCUT2D eigenvalue weighted by Gasteiger charge is 2.47. The average Bonchev–Trinajstić information content (AvgIpc) is 3.02. The first-order valence-corrected chi connectivity index (χ1v) is 19.9. The first kappa shape index (κ1) is 36.1. The fraction of sp³-hybridized carbons (Fsp3) is 0.417. The van der Waals surface area contributed by atoms with Crippen LogP contribution >= 0.6 is 7.26 Å². The lowest BCUT2D eigenvalue weighted by molar-refractivity contribution is -0.151. The molecular formula is C36H50BrO3PSi. The van der Waals surface area contributed by atoms with Gasteiger partial charge in [0, 0.05) is 6.42 Å². The minimum atomic E-state index is -2.09. The van der Waals surface area contributed by atoms with Crippen LogP contribution in [0.15, 0.2) is 103 Å². The first-order chi connectivity index (χ1) is 19.8. The number of carbonyl (C=O) groups is 1. The molecule has 0 saturated heterocycles. The lowest BCUT2D eigenvalue weighted by Gasteiger charge is -2.34. The molecule has 0 N–H and O–H groups in total. The number of rotatable bonds is 17. The molecule has 3 nitrogen and oxygen atoms in total. The van der Waals surface area contributed by atoms with Gasteiger partial charge in [0.1, 0.15) is 35.9 Å². The molecule has 0 saturated carbocycles. The van der Waals surface area contributed by atoms with Gasteiger partial charge in [-0.1, -0.05) is 95.8 Å². The van der Waals surface area contributed by atoms with Gasteiger partial charge in [0.05, 0.1) is 6.16 Å². The zero-order valence-electron chi connectivity index (χ0n) is 26.2. The summed E-state index contributed by atoms with van der Waals surface area (Å²) in [5.41, 5.74) is 0.968. The normalized spacial score (nSPS) is 12.4. The second-order valence-electron chi connectivity index (χ2n) is 11.5. The highest BCUT2D eigenvalue weighted by Crippen LogP contribution is 2.56. The summed E-state index contributed by atoms with van der Waals surface area (Å²) in [6.07, 6.45) is 2.76. The Morgan fingerprint density at radius 2 is 1.19 bits per heavy atom. The standard InChI is InChI=1S/C36H50O3PSi.BrH/c1-7-41(8-2,9-3)39-35(36(37)38-29-31(6)26-25-30(4)5)27-28-40(32-19-13-10-14-20-32,33-21-15-11-16-22-33)34-23-17-12-18-24-34;/h10-24,30,35H,6-9,25-29H2,1-5H3;1H/q+1;/p-1/t35-;/m0./s1. The van der Waals surface area contributed by atoms with Crippen LogP contribution in [-0.4, -0.2) is 33.2 Å². The van der Waals surface area contributed by atoms with Crippen molar-refractivity contribution in [2.24, 2.45) is 5.92 Å². The van der Waals surface area contributed by atoms with Gasteiger partial charge < -0.3 is 26.1 Å². The van der Waals surface area contributed by atoms with Crippen LogP contribution in [0, 0.1) is 5.92 Å². The van der Waals surface area contributed by atoms with E-state index in [1.807, 2.05) is 0 Å². The average molecular weight is 670 g/mol. The first-order valence-electron chi connectivity index (χ1n) is 15.4. The zero-order valence-corrected chi connectivity index (χ0v) is 29.7. The predicted molar refractivity (Wildman–Crippen MR) is 181 cm³/mol. The summed E-state index contributed by atoms with van der Waals surface area (Å²) in [5, 5.41) is 3.95. The quantitative estimate of drug-likeness (QED) is 0.0848. The summed E-state index contributed by atoms with van der Waals surface area (Å²) >= 11 is 0. The fourth-order valence-electron chi connectivity index (χ4n) is 5.55. The van der Waals surface area contributed by atoms with E-state index < -0.39 is 21.7 Å². The summed E-state index contributed by atoms with van der Waals surface area (Å²) < 4.78 is 12.9. The Kier molecular flexibility index (Phi) is 15.4. The van der Waals surface area contributed by atoms with Gasteiger partial charge in [0.2, 0.25) is 0 Å². The van der Waals surface area contributed by atoms with Crippen LogP contribution < -0.4 is 32.9 Å². The smallest absolute Gasteiger partial charge is 0.334 e. The molecule has 3 aromatic rings. The second-order valence-corrected chi connectivity index (χ2v) is 19.8. The lowest BCUT2D eigenvalue weighted by Crippen LogP contribution is -3.00. The Labute approximate surface area is 267 Å². The van der Waals surface area contributed by atoms with Gasteiger partial charge >= 0.3 is 5.97 Å². The molecule has 0 unspecified atom stereocenters. The molecule has 3 rings (SSSR count). The van der Waals surface area contributed by atoms with Crippen molar-refractivity contribution < 1.29 is 30.9 Å². The SMILES string of the molecule is C=C(CCC(C)C)COC(=O)[C@H](CC[P+](c1ccccc1)(c1ccccc1)c1ccccc1)O[Si](CC)(CC)CC.[Br-]. The summed E-state index contributed by atoms with van der Waals surface area (Å²) in [5.74, 6) is 0.352. The van der Waals surface area contributed by atoms with E-state index in [0.717, 1.165) is 42.7 Å². The van der Waals surface area contributed by atoms with Gasteiger partial charge in [0.15, 0.2) is 8.32 Å². The molecular weight excluding hydrogens is 619 g/mol. The van der Waals surface area contributed by atoms with Crippen LogP contribution in [0.3, 0.4) is 0 Å². The van der Waals surface area contributed by atoms with Crippen LogP contribution in [0.1, 0.15) is 53.9 Å². The van der Waals surface area contributed by atoms with E-state index in [2.05, 4.69) is 132 Å². The summed E-state index contributed by atoms with van der Waals surface area (Å²) in [6.45, 7) is 15.5. The van der Waals surface area contributed by atoms with Crippen LogP contribution in [0.25, 0.3) is 0 Å². The van der Waals surface area contributed by atoms with Crippen molar-refractivity contribution in [2.45, 2.75) is 78.1 Å². The van der Waals surface area contributed by atoms with Gasteiger partial charge in [-0.3, -0.25) is 0 Å². The van der Waals surface area contributed by atoms with E-state index >= 15 is 0 Å². The number of hydrogen-bond acceptors (Lipinski definition) is 3. The van der Waals surface area contributed by atoms with Gasteiger partial charge in [-0.2, -0.15) is 0 Å². The molecule has 0 fully saturated rings. The van der Waals surface area contributed by atoms with Crippen LogP contribution in [0.5, 0.6) is 0 Å². The third kappa shape index (κ3) is 9.48. The topological polar surface area (TPSA) is 35.5 Å². The number of halogens is 1. The van der Waals surface area contributed by atoms with E-state index in [0.29, 0.717) is 12.3 Å². The van der Waals surface area contributed by atoms with Crippen LogP contribution in [-0.2, 0) is 14.0 Å². The van der Waals surface area contributed by atoms with Crippen molar-refractivity contribution in [3.63, 3.8) is 0 Å². The number of esters is 1. The van der Waals surface area contributed by atoms with Crippen LogP contribution in [0.4, 0.5) is 0 Å². The van der Waals surface area contributed by atoms with Crippen molar-refractivity contribution in [3.8, 4) is 0 Å². The van der Waals surface area contributed by atoms with E-state index in [4.69, 9.17) is 9.16 Å². The van der Waals surface area contributed by atoms with Crippen molar-refractivity contribution in [1.82, 2.24) is 0 Å². The Balaban J connectivity index is 0.00000616. The number of hydrogen-bond donors (Lipinski definition) is 0. The zero-order chi connectivity index (χ0) is 29.7. The fourth-order valence-corrected chi connectivity index (χ4v) is 12.7. The highest BCUT2D eigenvalue weighted by atomic mass is 79.9. The molecule has 0 amide bonds. The third-order valence-electron chi connectivity index (χ3n) is 8.40. The second kappa shape index (κ2) is 17.9. The molecule has 0 heterocycles. The lowest BCUT2D eigenvalue weighted by atomic mass is 10.0. The van der Waals surface area contributed by atoms with Gasteiger partial charge in [-0.25, -0.2) is 4.79 Å². The largest absolute Gasteiger partial charge is 1.00 e. The molecule has 0 radical (unpaired) electrons. The van der Waals surface area contributed by atoms with E-state index in [-0.39, 0.29) is 29.6 Å². The Bertz CT molecular complexity index is 1100. The van der Waals surface area contributed by atoms with Crippen molar-refractivity contribution in [3.05, 3.63) is 103 Å². The Hall–Kier alpha value is -2.04. The minimum absolute atomic E-state index is 0. The molecule has 3 aromatic carbocycles. The van der Waals surface area contributed by atoms with Crippen molar-refractivity contribution in [1.29, 1.82) is 0 Å². The monoisotopic (exact) mass is 668 g/mol. The molecule has 42 heavy (non-hydrogen) atoms. The molecule has 228 valence electrons. The van der Waals surface area contributed by atoms with E-state index in [9.17, 15) is 4.79 Å². The number of benzene rings is 3. The number of ether oxygens (including phenoxy) is 1. The maximum atomic E-state index is 13.8. The van der Waals surface area contributed by atoms with E-state index in [1.165, 1.54) is 15.9 Å². The number of carbonyl (C=O) groups excluding carboxylic acids is 1. The minimum Gasteiger partial charge on any atom is -1.00 e. The molecule has 1 atom stereocenters. The third-order valence-corrected chi connectivity index (χ3v) is 17.5. The molecule has 0 aliphatic carbocycles.